The molecule has 0 unspecified atom stereocenters. The predicted octanol–water partition coefficient (Wildman–Crippen LogP) is 2.79. The van der Waals surface area contributed by atoms with Gasteiger partial charge in [-0.05, 0) is 41.8 Å². The van der Waals surface area contributed by atoms with E-state index in [1.165, 1.54) is 0 Å². The van der Waals surface area contributed by atoms with Gasteiger partial charge in [-0.25, -0.2) is 0 Å². The lowest BCUT2D eigenvalue weighted by molar-refractivity contribution is -0.117. The Morgan fingerprint density at radius 3 is 2.81 bits per heavy atom. The van der Waals surface area contributed by atoms with Crippen LogP contribution in [-0.4, -0.2) is 35.9 Å². The van der Waals surface area contributed by atoms with Gasteiger partial charge in [0.2, 0.25) is 5.91 Å². The fourth-order valence-electron chi connectivity index (χ4n) is 3.50. The van der Waals surface area contributed by atoms with Crippen molar-refractivity contribution in [3.05, 3.63) is 70.3 Å². The fraction of sp³-hybridized carbons (Fsp3) is 0.238. The number of carbonyl (C=O) groups excluding carboxylic acids is 1. The van der Waals surface area contributed by atoms with Gasteiger partial charge in [-0.2, -0.15) is 0 Å². The van der Waals surface area contributed by atoms with Gasteiger partial charge in [-0.1, -0.05) is 18.2 Å². The molecule has 1 aromatic carbocycles. The second-order valence-electron chi connectivity index (χ2n) is 6.68. The molecule has 1 aromatic heterocycles. The zero-order valence-electron chi connectivity index (χ0n) is 15.0. The van der Waals surface area contributed by atoms with Crippen molar-refractivity contribution >= 4 is 17.2 Å². The van der Waals surface area contributed by atoms with E-state index in [0.717, 1.165) is 41.0 Å². The molecule has 2 aromatic rings. The molecule has 0 aliphatic carbocycles. The standard InChI is InChI=1S/C21H21N3O2/c1-3-24-8-4-5-15(13-24)17-10-18(21(26)22-12-17)14-6-7-19-16(9-14)11-20(25)23(19)2/h4-7,9-10,12-13H,3,8,11H2,1-2H3,(H,22,26). The smallest absolute Gasteiger partial charge is 0.255 e. The number of H-pyrrole nitrogens is 1. The molecule has 2 aliphatic heterocycles. The molecule has 0 fully saturated rings. The number of pyridine rings is 1. The van der Waals surface area contributed by atoms with Gasteiger partial charge in [0.05, 0.1) is 6.42 Å². The van der Waals surface area contributed by atoms with Crippen molar-refractivity contribution in [1.29, 1.82) is 0 Å². The van der Waals surface area contributed by atoms with Crippen molar-refractivity contribution in [2.45, 2.75) is 13.3 Å². The number of amides is 1. The average Bonchev–Trinajstić information content (AvgIpc) is 2.95. The van der Waals surface area contributed by atoms with Crippen LogP contribution >= 0.6 is 0 Å². The normalized spacial score (nSPS) is 16.1. The Bertz CT molecular complexity index is 1000. The van der Waals surface area contributed by atoms with Crippen LogP contribution in [0, 0.1) is 0 Å². The van der Waals surface area contributed by atoms with Crippen molar-refractivity contribution in [1.82, 2.24) is 9.88 Å². The summed E-state index contributed by atoms with van der Waals surface area (Å²) in [6, 6.07) is 7.71. The minimum absolute atomic E-state index is 0.0805. The van der Waals surface area contributed by atoms with E-state index >= 15 is 0 Å². The Kier molecular flexibility index (Phi) is 3.99. The van der Waals surface area contributed by atoms with Crippen molar-refractivity contribution < 1.29 is 4.79 Å². The Labute approximate surface area is 152 Å². The number of nitrogens with one attached hydrogen (secondary N) is 1. The Balaban J connectivity index is 1.76. The number of hydrogen-bond acceptors (Lipinski definition) is 3. The molecule has 4 rings (SSSR count). The van der Waals surface area contributed by atoms with E-state index in [2.05, 4.69) is 35.2 Å². The first-order chi connectivity index (χ1) is 12.6. The molecule has 1 amide bonds. The van der Waals surface area contributed by atoms with Crippen molar-refractivity contribution in [2.24, 2.45) is 0 Å². The van der Waals surface area contributed by atoms with E-state index in [1.54, 1.807) is 18.1 Å². The molecule has 1 N–H and O–H groups in total. The fourth-order valence-corrected chi connectivity index (χ4v) is 3.50. The molecule has 5 heteroatoms. The second-order valence-corrected chi connectivity index (χ2v) is 6.68. The van der Waals surface area contributed by atoms with Crippen LogP contribution in [0.3, 0.4) is 0 Å². The number of likely N-dealkylation sites (N-methyl/N-ethyl adjacent to an activating group) is 2. The van der Waals surface area contributed by atoms with Crippen molar-refractivity contribution in [3.63, 3.8) is 0 Å². The van der Waals surface area contributed by atoms with E-state index in [0.29, 0.717) is 12.0 Å². The SMILES string of the molecule is CCN1C=C(c2c[nH]c(=O)c(-c3ccc4c(c3)CC(=O)N4C)c2)C=CC1. The summed E-state index contributed by atoms with van der Waals surface area (Å²) < 4.78 is 0. The third-order valence-electron chi connectivity index (χ3n) is 5.07. The van der Waals surface area contributed by atoms with Crippen LogP contribution in [0.2, 0.25) is 0 Å². The molecular formula is C21H21N3O2. The first-order valence-electron chi connectivity index (χ1n) is 8.82. The van der Waals surface area contributed by atoms with Gasteiger partial charge < -0.3 is 14.8 Å². The molecule has 2 aliphatic rings. The topological polar surface area (TPSA) is 56.4 Å². The maximum Gasteiger partial charge on any atom is 0.255 e. The molecule has 5 nitrogen and oxygen atoms in total. The summed E-state index contributed by atoms with van der Waals surface area (Å²) in [7, 11) is 1.78. The molecule has 0 atom stereocenters. The third-order valence-corrected chi connectivity index (χ3v) is 5.07. The van der Waals surface area contributed by atoms with E-state index in [1.807, 2.05) is 24.3 Å². The number of anilines is 1. The zero-order valence-corrected chi connectivity index (χ0v) is 15.0. The highest BCUT2D eigenvalue weighted by atomic mass is 16.2. The lowest BCUT2D eigenvalue weighted by Gasteiger charge is -2.21. The van der Waals surface area contributed by atoms with Crippen molar-refractivity contribution in [2.75, 3.05) is 25.0 Å². The number of aromatic nitrogens is 1. The van der Waals surface area contributed by atoms with Gasteiger partial charge in [-0.15, -0.1) is 0 Å². The van der Waals surface area contributed by atoms with E-state index < -0.39 is 0 Å². The number of nitrogens with zero attached hydrogens (tertiary/aromatic N) is 2. The number of carbonyl (C=O) groups is 1. The molecule has 0 bridgehead atoms. The van der Waals surface area contributed by atoms with Crippen LogP contribution in [0.1, 0.15) is 18.1 Å². The minimum Gasteiger partial charge on any atom is -0.373 e. The lowest BCUT2D eigenvalue weighted by atomic mass is 9.99. The average molecular weight is 347 g/mol. The van der Waals surface area contributed by atoms with Gasteiger partial charge in [0.25, 0.3) is 5.56 Å². The number of aromatic amines is 1. The van der Waals surface area contributed by atoms with Crippen LogP contribution in [0.25, 0.3) is 16.7 Å². The summed E-state index contributed by atoms with van der Waals surface area (Å²) in [5.74, 6) is 0.0805. The van der Waals surface area contributed by atoms with E-state index in [4.69, 9.17) is 0 Å². The summed E-state index contributed by atoms with van der Waals surface area (Å²) in [5, 5.41) is 0. The summed E-state index contributed by atoms with van der Waals surface area (Å²) in [6.45, 7) is 3.97. The maximum atomic E-state index is 12.4. The van der Waals surface area contributed by atoms with Gasteiger partial charge in [0, 0.05) is 49.3 Å². The Hall–Kier alpha value is -3.08. The number of allylic oxidation sites excluding steroid dienone is 2. The quantitative estimate of drug-likeness (QED) is 0.929. The van der Waals surface area contributed by atoms with Crippen LogP contribution in [0.4, 0.5) is 5.69 Å². The lowest BCUT2D eigenvalue weighted by Crippen LogP contribution is -2.20. The first kappa shape index (κ1) is 16.4. The number of hydrogen-bond donors (Lipinski definition) is 1. The molecule has 3 heterocycles. The molecule has 0 spiro atoms. The largest absolute Gasteiger partial charge is 0.373 e. The minimum atomic E-state index is -0.126. The first-order valence-corrected chi connectivity index (χ1v) is 8.82. The van der Waals surface area contributed by atoms with Gasteiger partial charge in [0.1, 0.15) is 0 Å². The summed E-state index contributed by atoms with van der Waals surface area (Å²) in [4.78, 5) is 31.1. The summed E-state index contributed by atoms with van der Waals surface area (Å²) in [5.41, 5.74) is 5.27. The highest BCUT2D eigenvalue weighted by molar-refractivity contribution is 6.01. The number of rotatable bonds is 3. The van der Waals surface area contributed by atoms with E-state index in [9.17, 15) is 9.59 Å². The highest BCUT2D eigenvalue weighted by Crippen LogP contribution is 2.32. The van der Waals surface area contributed by atoms with Crippen molar-refractivity contribution in [3.8, 4) is 11.1 Å². The van der Waals surface area contributed by atoms with Crippen LogP contribution in [0.5, 0.6) is 0 Å². The molecule has 0 radical (unpaired) electrons. The molecule has 0 saturated heterocycles. The van der Waals surface area contributed by atoms with Crippen LogP contribution < -0.4 is 10.5 Å². The second kappa shape index (κ2) is 6.33. The third kappa shape index (κ3) is 2.75. The molecule has 0 saturated carbocycles. The number of fused-ring (bicyclic) bond motifs is 1. The highest BCUT2D eigenvalue weighted by Gasteiger charge is 2.24. The molecular weight excluding hydrogens is 326 g/mol. The van der Waals surface area contributed by atoms with E-state index in [-0.39, 0.29) is 11.5 Å². The molecule has 26 heavy (non-hydrogen) atoms. The van der Waals surface area contributed by atoms with Gasteiger partial charge >= 0.3 is 0 Å². The summed E-state index contributed by atoms with van der Waals surface area (Å²) in [6.07, 6.45) is 8.47. The summed E-state index contributed by atoms with van der Waals surface area (Å²) >= 11 is 0. The predicted molar refractivity (Wildman–Crippen MR) is 104 cm³/mol. The monoisotopic (exact) mass is 347 g/mol. The Morgan fingerprint density at radius 2 is 2.00 bits per heavy atom. The van der Waals surface area contributed by atoms with Gasteiger partial charge in [-0.3, -0.25) is 9.59 Å². The van der Waals surface area contributed by atoms with Gasteiger partial charge in [0.15, 0.2) is 0 Å². The van der Waals surface area contributed by atoms with Crippen LogP contribution in [-0.2, 0) is 11.2 Å². The Morgan fingerprint density at radius 1 is 1.15 bits per heavy atom. The zero-order chi connectivity index (χ0) is 18.3. The molecule has 132 valence electrons. The van der Waals surface area contributed by atoms with Crippen LogP contribution in [0.15, 0.2) is 53.6 Å². The maximum absolute atomic E-state index is 12.4. The number of benzene rings is 1.